The van der Waals surface area contributed by atoms with Crippen molar-refractivity contribution in [2.75, 3.05) is 6.54 Å². The molecule has 0 aliphatic heterocycles. The maximum absolute atomic E-state index is 12.0. The van der Waals surface area contributed by atoms with Crippen LogP contribution in [0.2, 0.25) is 0 Å². The monoisotopic (exact) mass is 305 g/mol. The standard InChI is InChI=1S/C17H23NO4/c1-2-3-4-5-6-11-16(21)18-12-15(20)13-9-7-8-10-14(19)17(13)22/h7-10H,2-6,11-12H2,1H3,(H,18,21)(H,19,22). The summed E-state index contributed by atoms with van der Waals surface area (Å²) in [6, 6.07) is 5.51. The van der Waals surface area contributed by atoms with Crippen molar-refractivity contribution in [2.45, 2.75) is 45.4 Å². The Balaban J connectivity index is 2.44. The molecular weight excluding hydrogens is 282 g/mol. The summed E-state index contributed by atoms with van der Waals surface area (Å²) in [6.07, 6.45) is 5.63. The molecule has 0 aliphatic rings. The number of unbranched alkanes of at least 4 members (excludes halogenated alkanes) is 4. The number of hydrogen-bond donors (Lipinski definition) is 2. The van der Waals surface area contributed by atoms with Crippen molar-refractivity contribution in [3.63, 3.8) is 0 Å². The minimum atomic E-state index is -0.615. The molecule has 1 aromatic rings. The fourth-order valence-electron chi connectivity index (χ4n) is 2.06. The number of Topliss-reactive ketones (excluding diaryl/α,β-unsaturated/α-hetero) is 1. The molecule has 5 heteroatoms. The van der Waals surface area contributed by atoms with Crippen molar-refractivity contribution in [3.8, 4) is 5.75 Å². The van der Waals surface area contributed by atoms with Crippen molar-refractivity contribution in [1.82, 2.24) is 5.32 Å². The van der Waals surface area contributed by atoms with Gasteiger partial charge in [-0.2, -0.15) is 0 Å². The first-order chi connectivity index (χ1) is 10.6. The Kier molecular flexibility index (Phi) is 7.89. The highest BCUT2D eigenvalue weighted by Crippen LogP contribution is 2.10. The molecule has 5 nitrogen and oxygen atoms in total. The molecule has 0 spiro atoms. The van der Waals surface area contributed by atoms with Gasteiger partial charge in [-0.15, -0.1) is 0 Å². The van der Waals surface area contributed by atoms with E-state index in [1.165, 1.54) is 30.7 Å². The molecule has 0 atom stereocenters. The number of hydrogen-bond acceptors (Lipinski definition) is 4. The summed E-state index contributed by atoms with van der Waals surface area (Å²) in [4.78, 5) is 35.0. The minimum Gasteiger partial charge on any atom is -0.504 e. The molecule has 0 aromatic heterocycles. The quantitative estimate of drug-likeness (QED) is 0.542. The second kappa shape index (κ2) is 9.71. The molecule has 0 aliphatic carbocycles. The second-order valence-corrected chi connectivity index (χ2v) is 5.21. The van der Waals surface area contributed by atoms with Gasteiger partial charge in [0.1, 0.15) is 0 Å². The molecule has 22 heavy (non-hydrogen) atoms. The maximum Gasteiger partial charge on any atom is 0.220 e. The van der Waals surface area contributed by atoms with E-state index in [1.807, 2.05) is 0 Å². The maximum atomic E-state index is 12.0. The van der Waals surface area contributed by atoms with Crippen LogP contribution in [0.1, 0.15) is 55.8 Å². The Bertz CT molecular complexity index is 569. The van der Waals surface area contributed by atoms with Crippen LogP contribution in [0.15, 0.2) is 29.1 Å². The van der Waals surface area contributed by atoms with Gasteiger partial charge in [0.25, 0.3) is 0 Å². The molecule has 0 unspecified atom stereocenters. The molecule has 0 bridgehead atoms. The molecule has 1 amide bonds. The third kappa shape index (κ3) is 6.08. The van der Waals surface area contributed by atoms with Gasteiger partial charge in [0.15, 0.2) is 11.5 Å². The molecule has 1 rings (SSSR count). The van der Waals surface area contributed by atoms with E-state index in [0.29, 0.717) is 6.42 Å². The van der Waals surface area contributed by atoms with Crippen LogP contribution < -0.4 is 10.7 Å². The van der Waals surface area contributed by atoms with Crippen LogP contribution in [0.3, 0.4) is 0 Å². The van der Waals surface area contributed by atoms with Crippen molar-refractivity contribution < 1.29 is 14.7 Å². The highest BCUT2D eigenvalue weighted by Gasteiger charge is 2.13. The largest absolute Gasteiger partial charge is 0.504 e. The van der Waals surface area contributed by atoms with E-state index < -0.39 is 17.0 Å². The summed E-state index contributed by atoms with van der Waals surface area (Å²) in [5, 5.41) is 12.2. The summed E-state index contributed by atoms with van der Waals surface area (Å²) in [6.45, 7) is 1.91. The lowest BCUT2D eigenvalue weighted by molar-refractivity contribution is -0.121. The van der Waals surface area contributed by atoms with Crippen LogP contribution in [-0.2, 0) is 4.79 Å². The smallest absolute Gasteiger partial charge is 0.220 e. The molecule has 120 valence electrons. The predicted octanol–water partition coefficient (Wildman–Crippen LogP) is 2.41. The number of carbonyl (C=O) groups is 2. The molecule has 0 saturated heterocycles. The van der Waals surface area contributed by atoms with Crippen LogP contribution in [0.25, 0.3) is 0 Å². The average molecular weight is 305 g/mol. The first-order valence-electron chi connectivity index (χ1n) is 7.68. The fourth-order valence-corrected chi connectivity index (χ4v) is 2.06. The van der Waals surface area contributed by atoms with Crippen LogP contribution in [0, 0.1) is 0 Å². The zero-order valence-electron chi connectivity index (χ0n) is 12.9. The Morgan fingerprint density at radius 1 is 1.09 bits per heavy atom. The van der Waals surface area contributed by atoms with Gasteiger partial charge in [0, 0.05) is 6.42 Å². The molecule has 0 saturated carbocycles. The summed E-state index contributed by atoms with van der Waals surface area (Å²) in [5.74, 6) is -1.25. The average Bonchev–Trinajstić information content (AvgIpc) is 2.67. The van der Waals surface area contributed by atoms with Crippen molar-refractivity contribution in [1.29, 1.82) is 0 Å². The van der Waals surface area contributed by atoms with E-state index >= 15 is 0 Å². The van der Waals surface area contributed by atoms with E-state index in [-0.39, 0.29) is 18.0 Å². The lowest BCUT2D eigenvalue weighted by atomic mass is 10.1. The van der Waals surface area contributed by atoms with Crippen LogP contribution >= 0.6 is 0 Å². The Labute approximate surface area is 130 Å². The third-order valence-electron chi connectivity index (χ3n) is 3.36. The topological polar surface area (TPSA) is 83.5 Å². The first kappa shape index (κ1) is 17.9. The van der Waals surface area contributed by atoms with Crippen LogP contribution in [0.4, 0.5) is 0 Å². The molecule has 1 aromatic carbocycles. The van der Waals surface area contributed by atoms with Gasteiger partial charge in [-0.1, -0.05) is 44.7 Å². The zero-order chi connectivity index (χ0) is 16.4. The second-order valence-electron chi connectivity index (χ2n) is 5.21. The molecule has 2 N–H and O–H groups in total. The number of rotatable bonds is 9. The molecule has 0 radical (unpaired) electrons. The van der Waals surface area contributed by atoms with Crippen LogP contribution in [0.5, 0.6) is 5.75 Å². The lowest BCUT2D eigenvalue weighted by Gasteiger charge is -2.05. The predicted molar refractivity (Wildman–Crippen MR) is 85.1 cm³/mol. The molecular formula is C17H23NO4. The number of ketones is 1. The van der Waals surface area contributed by atoms with Gasteiger partial charge >= 0.3 is 0 Å². The van der Waals surface area contributed by atoms with Gasteiger partial charge in [-0.25, -0.2) is 0 Å². The van der Waals surface area contributed by atoms with E-state index in [0.717, 1.165) is 25.7 Å². The van der Waals surface area contributed by atoms with Gasteiger partial charge in [-0.3, -0.25) is 14.4 Å². The Hall–Kier alpha value is -2.17. The highest BCUT2D eigenvalue weighted by molar-refractivity contribution is 6.01. The van der Waals surface area contributed by atoms with Gasteiger partial charge in [0.05, 0.1) is 12.1 Å². The normalized spacial score (nSPS) is 10.2. The summed E-state index contributed by atoms with van der Waals surface area (Å²) in [5.41, 5.74) is -0.686. The number of aromatic hydroxyl groups is 1. The van der Waals surface area contributed by atoms with E-state index in [2.05, 4.69) is 12.2 Å². The van der Waals surface area contributed by atoms with E-state index in [4.69, 9.17) is 0 Å². The minimum absolute atomic E-state index is 0.0711. The van der Waals surface area contributed by atoms with Gasteiger partial charge < -0.3 is 10.4 Å². The van der Waals surface area contributed by atoms with Crippen LogP contribution in [-0.4, -0.2) is 23.3 Å². The lowest BCUT2D eigenvalue weighted by Crippen LogP contribution is -2.29. The summed E-state index contributed by atoms with van der Waals surface area (Å²) >= 11 is 0. The third-order valence-corrected chi connectivity index (χ3v) is 3.36. The zero-order valence-corrected chi connectivity index (χ0v) is 12.9. The Morgan fingerprint density at radius 2 is 1.77 bits per heavy atom. The SMILES string of the molecule is CCCCCCCC(=O)NCC(=O)c1ccccc(=O)c1O. The van der Waals surface area contributed by atoms with Gasteiger partial charge in [-0.05, 0) is 18.6 Å². The number of nitrogens with one attached hydrogen (secondary N) is 1. The Morgan fingerprint density at radius 3 is 2.50 bits per heavy atom. The fraction of sp³-hybridized carbons (Fsp3) is 0.471. The van der Waals surface area contributed by atoms with E-state index in [1.54, 1.807) is 0 Å². The summed E-state index contributed by atoms with van der Waals surface area (Å²) < 4.78 is 0. The first-order valence-corrected chi connectivity index (χ1v) is 7.68. The molecule has 0 heterocycles. The number of carbonyl (C=O) groups excluding carboxylic acids is 2. The van der Waals surface area contributed by atoms with Gasteiger partial charge in [0.2, 0.25) is 11.3 Å². The van der Waals surface area contributed by atoms with E-state index in [9.17, 15) is 19.5 Å². The highest BCUT2D eigenvalue weighted by atomic mass is 16.3. The van der Waals surface area contributed by atoms with Crippen molar-refractivity contribution in [3.05, 3.63) is 40.1 Å². The number of amides is 1. The molecule has 0 fully saturated rings. The summed E-state index contributed by atoms with van der Waals surface area (Å²) in [7, 11) is 0. The van der Waals surface area contributed by atoms with Crippen molar-refractivity contribution >= 4 is 11.7 Å². The van der Waals surface area contributed by atoms with Crippen molar-refractivity contribution in [2.24, 2.45) is 0 Å².